The summed E-state index contributed by atoms with van der Waals surface area (Å²) in [5.41, 5.74) is 4.99. The molecule has 5 nitrogen and oxygen atoms in total. The summed E-state index contributed by atoms with van der Waals surface area (Å²) in [7, 11) is -3.74. The number of allylic oxidation sites excluding steroid dienone is 2. The molecule has 5 aromatic rings. The van der Waals surface area contributed by atoms with Gasteiger partial charge in [-0.15, -0.1) is 29.1 Å². The zero-order valence-corrected chi connectivity index (χ0v) is 37.3. The van der Waals surface area contributed by atoms with Gasteiger partial charge in [0.05, 0.1) is 5.76 Å². The normalized spacial score (nSPS) is 15.1. The Balaban J connectivity index is 0.000000323. The van der Waals surface area contributed by atoms with Gasteiger partial charge in [0.1, 0.15) is 11.3 Å². The quantitative estimate of drug-likeness (QED) is 0.0690. The van der Waals surface area contributed by atoms with E-state index in [0.29, 0.717) is 0 Å². The van der Waals surface area contributed by atoms with Gasteiger partial charge in [0.2, 0.25) is 16.6 Å². The molecule has 0 aliphatic carbocycles. The Morgan fingerprint density at radius 3 is 2.13 bits per heavy atom. The first-order chi connectivity index (χ1) is 24.0. The topological polar surface area (TPSA) is 72.6 Å². The third kappa shape index (κ3) is 8.63. The molecule has 0 atom stereocenters. The number of carbonyl (C=O) groups is 1. The smallest absolute Gasteiger partial charge is 0.206 e. The first-order valence-corrected chi connectivity index (χ1v) is 24.5. The SMILES string of the molecule is CC(C)(C)c1cc(-c2nccc3cc(-c4ccc5c(c4)[Si](C)(C)O[Si]5(C)C)oc23)[c-]c2ccccc12.CCC(CC)C(=O)/C=C(\O)C(CC)CC.[Ir]. The molecule has 0 spiro atoms. The summed E-state index contributed by atoms with van der Waals surface area (Å²) in [5, 5.41) is 16.0. The van der Waals surface area contributed by atoms with Crippen LogP contribution in [0.1, 0.15) is 79.7 Å². The molecule has 0 saturated carbocycles. The van der Waals surface area contributed by atoms with Gasteiger partial charge in [-0.2, -0.15) is 0 Å². The average molecular weight is 911 g/mol. The maximum atomic E-state index is 11.7. The predicted octanol–water partition coefficient (Wildman–Crippen LogP) is 11.1. The number of furan rings is 1. The largest absolute Gasteiger partial charge is 0.512 e. The summed E-state index contributed by atoms with van der Waals surface area (Å²) in [6, 6.07) is 25.3. The van der Waals surface area contributed by atoms with E-state index >= 15 is 0 Å². The molecule has 6 rings (SSSR count). The van der Waals surface area contributed by atoms with E-state index in [1.54, 1.807) is 0 Å². The predicted molar refractivity (Wildman–Crippen MR) is 219 cm³/mol. The van der Waals surface area contributed by atoms with Crippen LogP contribution in [0.5, 0.6) is 0 Å². The molecule has 1 radical (unpaired) electrons. The average Bonchev–Trinajstić information content (AvgIpc) is 3.60. The number of ketones is 1. The molecule has 0 bridgehead atoms. The number of pyridine rings is 1. The van der Waals surface area contributed by atoms with Crippen molar-refractivity contribution in [3.05, 3.63) is 90.3 Å². The number of carbonyl (C=O) groups excluding carboxylic acids is 1. The molecule has 0 unspecified atom stereocenters. The standard InChI is InChI=1S/C31H32NO2Si2.C13H24O2.Ir/c1-31(2,3)25-17-23(16-20-10-8-9-11-24(20)25)29-30-22(14-15-32-29)18-26(33-30)21-12-13-27-28(19-21)36(6,7)34-35(27,4)5;1-5-10(6-2)12(14)9-13(15)11(7-3)8-4;/h8-15,17-19H,1-7H3;9-11,14H,5-8H2,1-4H3;/q-1;;/b;12-9-;. The van der Waals surface area contributed by atoms with Gasteiger partial charge in [-0.1, -0.05) is 89.7 Å². The number of aromatic nitrogens is 1. The second kappa shape index (κ2) is 16.5. The summed E-state index contributed by atoms with van der Waals surface area (Å²) in [5.74, 6) is 1.42. The van der Waals surface area contributed by atoms with Crippen LogP contribution in [0, 0.1) is 17.9 Å². The Morgan fingerprint density at radius 2 is 1.50 bits per heavy atom. The summed E-state index contributed by atoms with van der Waals surface area (Å²) < 4.78 is 13.2. The van der Waals surface area contributed by atoms with Gasteiger partial charge in [0.25, 0.3) is 0 Å². The molecule has 0 saturated heterocycles. The molecule has 1 N–H and O–H groups in total. The Labute approximate surface area is 326 Å². The molecule has 2 aromatic heterocycles. The second-order valence-electron chi connectivity index (χ2n) is 16.0. The molecule has 52 heavy (non-hydrogen) atoms. The van der Waals surface area contributed by atoms with Crippen molar-refractivity contribution in [3.63, 3.8) is 0 Å². The van der Waals surface area contributed by atoms with Crippen molar-refractivity contribution in [2.24, 2.45) is 11.8 Å². The molecule has 0 amide bonds. The zero-order chi connectivity index (χ0) is 37.3. The molecule has 8 heteroatoms. The Kier molecular flexibility index (Phi) is 13.2. The van der Waals surface area contributed by atoms with Crippen molar-refractivity contribution in [2.45, 2.75) is 106 Å². The van der Waals surface area contributed by atoms with E-state index in [4.69, 9.17) is 13.5 Å². The maximum Gasteiger partial charge on any atom is 0.206 e. The van der Waals surface area contributed by atoms with Gasteiger partial charge >= 0.3 is 0 Å². The van der Waals surface area contributed by atoms with Crippen molar-refractivity contribution in [3.8, 4) is 22.6 Å². The minimum atomic E-state index is -1.91. The van der Waals surface area contributed by atoms with E-state index in [2.05, 4.69) is 108 Å². The van der Waals surface area contributed by atoms with E-state index in [1.807, 2.05) is 40.0 Å². The minimum absolute atomic E-state index is 0. The van der Waals surface area contributed by atoms with Gasteiger partial charge < -0.3 is 13.6 Å². The van der Waals surface area contributed by atoms with Gasteiger partial charge in [0, 0.05) is 60.9 Å². The van der Waals surface area contributed by atoms with Crippen LogP contribution < -0.4 is 10.4 Å². The van der Waals surface area contributed by atoms with Crippen molar-refractivity contribution >= 4 is 54.5 Å². The van der Waals surface area contributed by atoms with E-state index in [1.165, 1.54) is 27.4 Å². The third-order valence-corrected chi connectivity index (χ3v) is 18.2. The monoisotopic (exact) mass is 911 g/mol. The summed E-state index contributed by atoms with van der Waals surface area (Å²) in [6.07, 6.45) is 6.78. The number of benzene rings is 3. The van der Waals surface area contributed by atoms with Crippen LogP contribution in [0.15, 0.2) is 83.1 Å². The summed E-state index contributed by atoms with van der Waals surface area (Å²) in [4.78, 5) is 16.5. The Hall–Kier alpha value is -3.14. The van der Waals surface area contributed by atoms with Crippen LogP contribution in [-0.4, -0.2) is 32.5 Å². The fourth-order valence-corrected chi connectivity index (χ4v) is 17.8. The number of fused-ring (bicyclic) bond motifs is 3. The van der Waals surface area contributed by atoms with Crippen molar-refractivity contribution in [1.29, 1.82) is 0 Å². The number of nitrogens with zero attached hydrogens (tertiary/aromatic N) is 1. The van der Waals surface area contributed by atoms with Crippen LogP contribution in [0.4, 0.5) is 0 Å². The number of aliphatic hydroxyl groups is 1. The Morgan fingerprint density at radius 1 is 0.865 bits per heavy atom. The minimum Gasteiger partial charge on any atom is -0.512 e. The van der Waals surface area contributed by atoms with Crippen LogP contribution in [0.2, 0.25) is 26.2 Å². The molecule has 3 heterocycles. The van der Waals surface area contributed by atoms with Crippen LogP contribution in [0.25, 0.3) is 44.3 Å². The van der Waals surface area contributed by atoms with E-state index in [-0.39, 0.29) is 48.9 Å². The molecule has 1 aliphatic heterocycles. The van der Waals surface area contributed by atoms with Crippen LogP contribution in [-0.2, 0) is 34.4 Å². The number of hydrogen-bond donors (Lipinski definition) is 1. The number of hydrogen-bond acceptors (Lipinski definition) is 5. The molecule has 1 aliphatic rings. The zero-order valence-electron chi connectivity index (χ0n) is 32.9. The van der Waals surface area contributed by atoms with Crippen molar-refractivity contribution in [1.82, 2.24) is 4.98 Å². The molecule has 279 valence electrons. The molecule has 3 aromatic carbocycles. The van der Waals surface area contributed by atoms with Crippen LogP contribution in [0.3, 0.4) is 0 Å². The van der Waals surface area contributed by atoms with E-state index in [9.17, 15) is 9.90 Å². The number of aliphatic hydroxyl groups excluding tert-OH is 1. The maximum absolute atomic E-state index is 11.7. The van der Waals surface area contributed by atoms with E-state index in [0.717, 1.165) is 64.6 Å². The second-order valence-corrected chi connectivity index (χ2v) is 23.9. The molecular weight excluding hydrogens is 855 g/mol. The van der Waals surface area contributed by atoms with Gasteiger partial charge in [-0.05, 0) is 85.9 Å². The van der Waals surface area contributed by atoms with Crippen molar-refractivity contribution in [2.75, 3.05) is 0 Å². The fraction of sp³-hybridized carbons (Fsp3) is 0.409. The summed E-state index contributed by atoms with van der Waals surface area (Å²) in [6.45, 7) is 24.1. The number of rotatable bonds is 9. The third-order valence-electron chi connectivity index (χ3n) is 10.5. The van der Waals surface area contributed by atoms with E-state index < -0.39 is 16.6 Å². The Bertz CT molecular complexity index is 2070. The van der Waals surface area contributed by atoms with Gasteiger partial charge in [-0.25, -0.2) is 0 Å². The molecule has 0 fully saturated rings. The van der Waals surface area contributed by atoms with Gasteiger partial charge in [0.15, 0.2) is 5.78 Å². The first kappa shape index (κ1) is 41.6. The molecular formula is C44H56IrNO4Si2-. The summed E-state index contributed by atoms with van der Waals surface area (Å²) >= 11 is 0. The van der Waals surface area contributed by atoms with Crippen molar-refractivity contribution < 1.29 is 38.5 Å². The fourth-order valence-electron chi connectivity index (χ4n) is 7.53. The first-order valence-electron chi connectivity index (χ1n) is 18.7. The van der Waals surface area contributed by atoms with Gasteiger partial charge in [-0.3, -0.25) is 9.78 Å². The van der Waals surface area contributed by atoms with Crippen LogP contribution >= 0.6 is 0 Å².